The van der Waals surface area contributed by atoms with Crippen molar-refractivity contribution >= 4 is 11.3 Å². The molecule has 4 heteroatoms. The van der Waals surface area contributed by atoms with Crippen LogP contribution in [0.5, 0.6) is 0 Å². The first kappa shape index (κ1) is 12.0. The van der Waals surface area contributed by atoms with Gasteiger partial charge in [0.05, 0.1) is 5.51 Å². The highest BCUT2D eigenvalue weighted by molar-refractivity contribution is 7.09. The molecule has 0 saturated carbocycles. The molecule has 1 atom stereocenters. The summed E-state index contributed by atoms with van der Waals surface area (Å²) < 4.78 is 0. The molecule has 1 aromatic heterocycles. The van der Waals surface area contributed by atoms with Crippen LogP contribution in [0.15, 0.2) is 11.7 Å². The van der Waals surface area contributed by atoms with Crippen LogP contribution in [0.3, 0.4) is 0 Å². The van der Waals surface area contributed by atoms with Gasteiger partial charge in [-0.1, -0.05) is 13.8 Å². The quantitative estimate of drug-likeness (QED) is 0.803. The van der Waals surface area contributed by atoms with Crippen molar-refractivity contribution in [3.8, 4) is 0 Å². The Hall–Kier alpha value is -0.450. The molecule has 1 aromatic rings. The smallest absolute Gasteiger partial charge is 0.0794 e. The van der Waals surface area contributed by atoms with Gasteiger partial charge >= 0.3 is 0 Å². The summed E-state index contributed by atoms with van der Waals surface area (Å²) in [5.74, 6) is 0.718. The van der Waals surface area contributed by atoms with Gasteiger partial charge < -0.3 is 4.90 Å². The molecule has 2 rings (SSSR count). The highest BCUT2D eigenvalue weighted by atomic mass is 32.1. The van der Waals surface area contributed by atoms with Crippen LogP contribution in [-0.4, -0.2) is 47.5 Å². The lowest BCUT2D eigenvalue weighted by molar-refractivity contribution is 0.0578. The average Bonchev–Trinajstić information content (AvgIpc) is 2.73. The molecular formula is C12H21N3S. The predicted molar refractivity (Wildman–Crippen MR) is 68.6 cm³/mol. The van der Waals surface area contributed by atoms with Crippen molar-refractivity contribution in [1.29, 1.82) is 0 Å². The fourth-order valence-corrected chi connectivity index (χ4v) is 2.96. The van der Waals surface area contributed by atoms with Gasteiger partial charge in [-0.3, -0.25) is 9.88 Å². The molecule has 1 aliphatic heterocycles. The Balaban J connectivity index is 2.01. The molecule has 0 bridgehead atoms. The van der Waals surface area contributed by atoms with E-state index < -0.39 is 0 Å². The second kappa shape index (κ2) is 5.25. The van der Waals surface area contributed by atoms with E-state index >= 15 is 0 Å². The minimum Gasteiger partial charge on any atom is -0.304 e. The first-order valence-corrected chi connectivity index (χ1v) is 6.84. The van der Waals surface area contributed by atoms with Crippen molar-refractivity contribution in [3.63, 3.8) is 0 Å². The summed E-state index contributed by atoms with van der Waals surface area (Å²) in [4.78, 5) is 10.6. The third-order valence-corrected chi connectivity index (χ3v) is 4.11. The van der Waals surface area contributed by atoms with Crippen molar-refractivity contribution in [2.45, 2.75) is 26.4 Å². The zero-order chi connectivity index (χ0) is 11.5. The topological polar surface area (TPSA) is 19.4 Å². The number of hydrogen-bond donors (Lipinski definition) is 0. The largest absolute Gasteiger partial charge is 0.304 e. The van der Waals surface area contributed by atoms with Crippen molar-refractivity contribution in [1.82, 2.24) is 14.8 Å². The zero-order valence-electron chi connectivity index (χ0n) is 10.4. The van der Waals surface area contributed by atoms with E-state index in [1.165, 1.54) is 24.5 Å². The van der Waals surface area contributed by atoms with Crippen LogP contribution in [-0.2, 0) is 6.54 Å². The molecule has 1 fully saturated rings. The molecule has 0 spiro atoms. The molecule has 0 amide bonds. The van der Waals surface area contributed by atoms with Crippen molar-refractivity contribution in [2.75, 3.05) is 26.7 Å². The second-order valence-electron chi connectivity index (χ2n) is 5.01. The lowest BCUT2D eigenvalue weighted by Crippen LogP contribution is -2.53. The predicted octanol–water partition coefficient (Wildman–Crippen LogP) is 1.92. The molecule has 0 N–H and O–H groups in total. The highest BCUT2D eigenvalue weighted by Gasteiger charge is 2.27. The lowest BCUT2D eigenvalue weighted by atomic mass is 10.00. The van der Waals surface area contributed by atoms with Gasteiger partial charge in [0, 0.05) is 43.3 Å². The molecule has 0 aromatic carbocycles. The Morgan fingerprint density at radius 1 is 1.50 bits per heavy atom. The Bertz CT molecular complexity index is 310. The Kier molecular flexibility index (Phi) is 3.95. The fraction of sp³-hybridized carbons (Fsp3) is 0.750. The van der Waals surface area contributed by atoms with E-state index in [9.17, 15) is 0 Å². The van der Waals surface area contributed by atoms with E-state index in [2.05, 4.69) is 35.7 Å². The summed E-state index contributed by atoms with van der Waals surface area (Å²) >= 11 is 1.76. The monoisotopic (exact) mass is 239 g/mol. The second-order valence-corrected chi connectivity index (χ2v) is 5.98. The summed E-state index contributed by atoms with van der Waals surface area (Å²) in [6, 6.07) is 0.681. The van der Waals surface area contributed by atoms with Crippen molar-refractivity contribution in [3.05, 3.63) is 16.6 Å². The SMILES string of the molecule is CC(C)[C@@H]1CN(C)CCN1Cc1cncs1. The maximum Gasteiger partial charge on any atom is 0.0794 e. The van der Waals surface area contributed by atoms with Gasteiger partial charge in [-0.2, -0.15) is 0 Å². The molecule has 16 heavy (non-hydrogen) atoms. The normalized spacial score (nSPS) is 24.1. The van der Waals surface area contributed by atoms with E-state index in [0.717, 1.165) is 12.5 Å². The fourth-order valence-electron chi connectivity index (χ4n) is 2.34. The summed E-state index contributed by atoms with van der Waals surface area (Å²) in [5, 5.41) is 0. The zero-order valence-corrected chi connectivity index (χ0v) is 11.2. The van der Waals surface area contributed by atoms with Crippen LogP contribution in [0.4, 0.5) is 0 Å². The Morgan fingerprint density at radius 2 is 2.31 bits per heavy atom. The van der Waals surface area contributed by atoms with E-state index in [-0.39, 0.29) is 0 Å². The van der Waals surface area contributed by atoms with Gasteiger partial charge in [0.2, 0.25) is 0 Å². The number of thiazole rings is 1. The van der Waals surface area contributed by atoms with Crippen LogP contribution in [0.25, 0.3) is 0 Å². The first-order chi connectivity index (χ1) is 7.66. The third-order valence-electron chi connectivity index (χ3n) is 3.35. The van der Waals surface area contributed by atoms with E-state index in [4.69, 9.17) is 0 Å². The first-order valence-electron chi connectivity index (χ1n) is 5.97. The highest BCUT2D eigenvalue weighted by Crippen LogP contribution is 2.20. The molecule has 0 unspecified atom stereocenters. The van der Waals surface area contributed by atoms with Crippen molar-refractivity contribution in [2.24, 2.45) is 5.92 Å². The molecular weight excluding hydrogens is 218 g/mol. The summed E-state index contributed by atoms with van der Waals surface area (Å²) in [6.45, 7) is 9.27. The van der Waals surface area contributed by atoms with Gasteiger partial charge in [0.15, 0.2) is 0 Å². The Labute approximate surface area is 102 Å². The summed E-state index contributed by atoms with van der Waals surface area (Å²) in [6.07, 6.45) is 2.00. The number of rotatable bonds is 3. The van der Waals surface area contributed by atoms with Crippen molar-refractivity contribution < 1.29 is 0 Å². The van der Waals surface area contributed by atoms with Crippen LogP contribution in [0, 0.1) is 5.92 Å². The number of aromatic nitrogens is 1. The summed E-state index contributed by atoms with van der Waals surface area (Å²) in [5.41, 5.74) is 1.93. The number of likely N-dealkylation sites (N-methyl/N-ethyl adjacent to an activating group) is 1. The number of piperazine rings is 1. The Morgan fingerprint density at radius 3 is 2.94 bits per heavy atom. The van der Waals surface area contributed by atoms with Gasteiger partial charge in [0.1, 0.15) is 0 Å². The van der Waals surface area contributed by atoms with Crippen LogP contribution in [0.1, 0.15) is 18.7 Å². The minimum absolute atomic E-state index is 0.681. The van der Waals surface area contributed by atoms with Gasteiger partial charge in [-0.05, 0) is 13.0 Å². The lowest BCUT2D eigenvalue weighted by Gasteiger charge is -2.42. The maximum absolute atomic E-state index is 4.15. The van der Waals surface area contributed by atoms with Gasteiger partial charge in [0.25, 0.3) is 0 Å². The molecule has 90 valence electrons. The maximum atomic E-state index is 4.15. The molecule has 1 aliphatic rings. The van der Waals surface area contributed by atoms with Gasteiger partial charge in [-0.15, -0.1) is 11.3 Å². The third kappa shape index (κ3) is 2.81. The average molecular weight is 239 g/mol. The standard InChI is InChI=1S/C12H21N3S/c1-10(2)12-8-14(3)4-5-15(12)7-11-6-13-9-16-11/h6,9-10,12H,4-5,7-8H2,1-3H3/t12-/m0/s1. The molecule has 0 radical (unpaired) electrons. The molecule has 0 aliphatic carbocycles. The van der Waals surface area contributed by atoms with Crippen LogP contribution < -0.4 is 0 Å². The van der Waals surface area contributed by atoms with Crippen LogP contribution >= 0.6 is 11.3 Å². The van der Waals surface area contributed by atoms with E-state index in [1.54, 1.807) is 11.3 Å². The summed E-state index contributed by atoms with van der Waals surface area (Å²) in [7, 11) is 2.22. The van der Waals surface area contributed by atoms with Crippen LogP contribution in [0.2, 0.25) is 0 Å². The number of hydrogen-bond acceptors (Lipinski definition) is 4. The molecule has 1 saturated heterocycles. The van der Waals surface area contributed by atoms with Gasteiger partial charge in [-0.25, -0.2) is 0 Å². The van der Waals surface area contributed by atoms with E-state index in [0.29, 0.717) is 6.04 Å². The molecule has 2 heterocycles. The molecule has 3 nitrogen and oxygen atoms in total. The number of nitrogens with zero attached hydrogens (tertiary/aromatic N) is 3. The minimum atomic E-state index is 0.681. The van der Waals surface area contributed by atoms with E-state index in [1.807, 2.05) is 11.7 Å².